The van der Waals surface area contributed by atoms with E-state index in [0.29, 0.717) is 13.2 Å². The number of ether oxygens (including phenoxy) is 2. The molecule has 152 valence electrons. The zero-order valence-corrected chi connectivity index (χ0v) is 16.4. The van der Waals surface area contributed by atoms with Crippen LogP contribution >= 0.6 is 0 Å². The minimum atomic E-state index is -0.249. The van der Waals surface area contributed by atoms with E-state index in [4.69, 9.17) is 15.2 Å². The number of benzene rings is 1. The fourth-order valence-electron chi connectivity index (χ4n) is 4.63. The number of aliphatic hydroxyl groups excluding tert-OH is 1. The molecular formula is C21H30N4O3. The molecule has 1 aliphatic heterocycles. The summed E-state index contributed by atoms with van der Waals surface area (Å²) in [5.41, 5.74) is 8.83. The number of rotatable bonds is 7. The molecule has 2 aliphatic rings. The second-order valence-corrected chi connectivity index (χ2v) is 7.91. The fraction of sp³-hybridized carbons (Fsp3) is 0.571. The van der Waals surface area contributed by atoms with Gasteiger partial charge in [-0.2, -0.15) is 5.10 Å². The van der Waals surface area contributed by atoms with Crippen molar-refractivity contribution in [3.63, 3.8) is 0 Å². The first-order valence-corrected chi connectivity index (χ1v) is 10.0. The van der Waals surface area contributed by atoms with Gasteiger partial charge in [0.2, 0.25) is 0 Å². The van der Waals surface area contributed by atoms with Gasteiger partial charge in [-0.15, -0.1) is 0 Å². The van der Waals surface area contributed by atoms with Gasteiger partial charge in [-0.3, -0.25) is 10.00 Å². The van der Waals surface area contributed by atoms with Crippen LogP contribution in [0.15, 0.2) is 30.5 Å². The summed E-state index contributed by atoms with van der Waals surface area (Å²) in [6, 6.07) is 8.02. The number of aliphatic hydroxyl groups is 1. The van der Waals surface area contributed by atoms with Gasteiger partial charge in [0.25, 0.3) is 0 Å². The number of nitrogens with one attached hydrogen (secondary N) is 1. The van der Waals surface area contributed by atoms with Gasteiger partial charge in [0.05, 0.1) is 37.8 Å². The maximum Gasteiger partial charge on any atom is 0.118 e. The first-order valence-electron chi connectivity index (χ1n) is 10.0. The van der Waals surface area contributed by atoms with Crippen molar-refractivity contribution in [1.29, 1.82) is 0 Å². The van der Waals surface area contributed by atoms with Crippen molar-refractivity contribution in [2.75, 3.05) is 33.4 Å². The van der Waals surface area contributed by atoms with E-state index in [1.807, 2.05) is 30.5 Å². The Morgan fingerprint density at radius 3 is 2.68 bits per heavy atom. The highest BCUT2D eigenvalue weighted by atomic mass is 16.5. The highest BCUT2D eigenvalue weighted by molar-refractivity contribution is 5.63. The number of nitrogens with zero attached hydrogens (tertiary/aromatic N) is 2. The molecule has 1 aromatic heterocycles. The molecule has 1 spiro atoms. The van der Waals surface area contributed by atoms with Gasteiger partial charge in [-0.1, -0.05) is 0 Å². The molecule has 2 fully saturated rings. The lowest BCUT2D eigenvalue weighted by atomic mass is 9.58. The van der Waals surface area contributed by atoms with Crippen LogP contribution in [0.2, 0.25) is 0 Å². The van der Waals surface area contributed by atoms with Gasteiger partial charge in [-0.05, 0) is 50.2 Å². The minimum absolute atomic E-state index is 0.0825. The first-order chi connectivity index (χ1) is 13.7. The third kappa shape index (κ3) is 3.55. The summed E-state index contributed by atoms with van der Waals surface area (Å²) in [5, 5.41) is 17.8. The Bertz CT molecular complexity index is 768. The summed E-state index contributed by atoms with van der Waals surface area (Å²) < 4.78 is 11.1. The monoisotopic (exact) mass is 386 g/mol. The van der Waals surface area contributed by atoms with E-state index in [1.165, 1.54) is 5.56 Å². The maximum atomic E-state index is 10.4. The predicted octanol–water partition coefficient (Wildman–Crippen LogP) is 1.78. The van der Waals surface area contributed by atoms with Gasteiger partial charge in [0, 0.05) is 36.1 Å². The Labute approximate surface area is 165 Å². The fourth-order valence-corrected chi connectivity index (χ4v) is 4.63. The zero-order chi connectivity index (χ0) is 19.6. The molecule has 28 heavy (non-hydrogen) atoms. The molecular weight excluding hydrogens is 356 g/mol. The Morgan fingerprint density at radius 2 is 2.04 bits per heavy atom. The smallest absolute Gasteiger partial charge is 0.118 e. The van der Waals surface area contributed by atoms with Crippen molar-refractivity contribution < 1.29 is 14.6 Å². The Balaban J connectivity index is 1.39. The number of H-pyrrole nitrogens is 1. The lowest BCUT2D eigenvalue weighted by molar-refractivity contribution is -0.210. The first kappa shape index (κ1) is 19.4. The van der Waals surface area contributed by atoms with Crippen LogP contribution in [-0.2, 0) is 11.3 Å². The summed E-state index contributed by atoms with van der Waals surface area (Å²) in [6.07, 6.45) is 4.47. The molecule has 0 radical (unpaired) electrons. The number of likely N-dealkylation sites (tertiary alicyclic amines) is 1. The van der Waals surface area contributed by atoms with E-state index >= 15 is 0 Å². The predicted molar refractivity (Wildman–Crippen MR) is 107 cm³/mol. The summed E-state index contributed by atoms with van der Waals surface area (Å²) >= 11 is 0. The number of hydrogen-bond donors (Lipinski definition) is 3. The standard InChI is InChI=1S/C21H30N4O3/c1-27-17-4-2-15(3-5-17)20-16(13-23-24-20)14-25-9-6-21(7-10-25)18(26)12-19(21)28-11-8-22/h2-5,13,18-19,26H,6-12,14,22H2,1H3,(H,23,24). The Morgan fingerprint density at radius 1 is 1.29 bits per heavy atom. The number of aromatic amines is 1. The number of hydrogen-bond acceptors (Lipinski definition) is 6. The third-order valence-corrected chi connectivity index (χ3v) is 6.46. The molecule has 7 nitrogen and oxygen atoms in total. The van der Waals surface area contributed by atoms with Crippen LogP contribution in [0, 0.1) is 5.41 Å². The van der Waals surface area contributed by atoms with Gasteiger partial charge in [0.1, 0.15) is 5.75 Å². The molecule has 4 rings (SSSR count). The third-order valence-electron chi connectivity index (χ3n) is 6.46. The molecule has 2 aromatic rings. The van der Waals surface area contributed by atoms with Crippen molar-refractivity contribution in [2.24, 2.45) is 11.1 Å². The lowest BCUT2D eigenvalue weighted by Crippen LogP contribution is -2.62. The average Bonchev–Trinajstić information content (AvgIpc) is 3.19. The highest BCUT2D eigenvalue weighted by Gasteiger charge is 2.56. The zero-order valence-electron chi connectivity index (χ0n) is 16.4. The quantitative estimate of drug-likeness (QED) is 0.671. The molecule has 1 aliphatic carbocycles. The Kier molecular flexibility index (Phi) is 5.68. The molecule has 1 saturated heterocycles. The molecule has 7 heteroatoms. The van der Waals surface area contributed by atoms with Gasteiger partial charge >= 0.3 is 0 Å². The Hall–Kier alpha value is -1.93. The van der Waals surface area contributed by atoms with Crippen molar-refractivity contribution in [3.05, 3.63) is 36.0 Å². The maximum absolute atomic E-state index is 10.4. The minimum Gasteiger partial charge on any atom is -0.497 e. The van der Waals surface area contributed by atoms with Gasteiger partial charge < -0.3 is 20.3 Å². The summed E-state index contributed by atoms with van der Waals surface area (Å²) in [7, 11) is 1.67. The molecule has 2 heterocycles. The lowest BCUT2D eigenvalue weighted by Gasteiger charge is -2.56. The number of nitrogens with two attached hydrogens (primary N) is 1. The SMILES string of the molecule is COc1ccc(-c2[nH]ncc2CN2CCC3(CC2)C(O)CC3OCCN)cc1. The topological polar surface area (TPSA) is 96.6 Å². The van der Waals surface area contributed by atoms with E-state index in [2.05, 4.69) is 15.1 Å². The second-order valence-electron chi connectivity index (χ2n) is 7.91. The molecule has 1 saturated carbocycles. The average molecular weight is 386 g/mol. The summed E-state index contributed by atoms with van der Waals surface area (Å²) in [4.78, 5) is 2.44. The molecule has 2 atom stereocenters. The molecule has 1 aromatic carbocycles. The number of piperidine rings is 1. The van der Waals surface area contributed by atoms with Crippen LogP contribution in [0.4, 0.5) is 0 Å². The summed E-state index contributed by atoms with van der Waals surface area (Å²) in [6.45, 7) is 3.85. The van der Waals surface area contributed by atoms with Crippen molar-refractivity contribution in [2.45, 2.75) is 38.0 Å². The number of methoxy groups -OCH3 is 1. The van der Waals surface area contributed by atoms with Crippen LogP contribution in [0.3, 0.4) is 0 Å². The van der Waals surface area contributed by atoms with Crippen LogP contribution in [-0.4, -0.2) is 65.8 Å². The van der Waals surface area contributed by atoms with E-state index in [1.54, 1.807) is 7.11 Å². The van der Waals surface area contributed by atoms with Crippen LogP contribution in [0.25, 0.3) is 11.3 Å². The molecule has 0 amide bonds. The molecule has 0 bridgehead atoms. The van der Waals surface area contributed by atoms with Crippen molar-refractivity contribution >= 4 is 0 Å². The van der Waals surface area contributed by atoms with E-state index in [0.717, 1.165) is 55.9 Å². The van der Waals surface area contributed by atoms with Gasteiger partial charge in [0.15, 0.2) is 0 Å². The van der Waals surface area contributed by atoms with Crippen molar-refractivity contribution in [3.8, 4) is 17.0 Å². The summed E-state index contributed by atoms with van der Waals surface area (Å²) in [5.74, 6) is 0.844. The van der Waals surface area contributed by atoms with Gasteiger partial charge in [-0.25, -0.2) is 0 Å². The highest BCUT2D eigenvalue weighted by Crippen LogP contribution is 2.51. The van der Waals surface area contributed by atoms with Crippen molar-refractivity contribution in [1.82, 2.24) is 15.1 Å². The molecule has 4 N–H and O–H groups in total. The van der Waals surface area contributed by atoms with Crippen LogP contribution < -0.4 is 10.5 Å². The van der Waals surface area contributed by atoms with E-state index in [9.17, 15) is 5.11 Å². The largest absolute Gasteiger partial charge is 0.497 e. The normalized spacial score (nSPS) is 24.2. The van der Waals surface area contributed by atoms with Crippen LogP contribution in [0.5, 0.6) is 5.75 Å². The van der Waals surface area contributed by atoms with E-state index in [-0.39, 0.29) is 17.6 Å². The number of aromatic nitrogens is 2. The second kappa shape index (κ2) is 8.21. The molecule has 2 unspecified atom stereocenters. The van der Waals surface area contributed by atoms with E-state index < -0.39 is 0 Å². The van der Waals surface area contributed by atoms with Crippen LogP contribution in [0.1, 0.15) is 24.8 Å².